The molecule has 4 nitrogen and oxygen atoms in total. The van der Waals surface area contributed by atoms with E-state index in [0.717, 1.165) is 13.1 Å². The smallest absolute Gasteiger partial charge is 0.188 e. The summed E-state index contributed by atoms with van der Waals surface area (Å²) >= 11 is 0. The van der Waals surface area contributed by atoms with Gasteiger partial charge in [0.25, 0.3) is 0 Å². The molecule has 0 aliphatic heterocycles. The number of nitrogens with two attached hydrogens (primary N) is 1. The molecule has 0 saturated carbocycles. The second kappa shape index (κ2) is 9.85. The quantitative estimate of drug-likeness (QED) is 0.446. The highest BCUT2D eigenvalue weighted by molar-refractivity contribution is 14.0. The lowest BCUT2D eigenvalue weighted by Gasteiger charge is -2.24. The van der Waals surface area contributed by atoms with Gasteiger partial charge >= 0.3 is 0 Å². The summed E-state index contributed by atoms with van der Waals surface area (Å²) in [4.78, 5) is 6.67. The number of anilines is 1. The first kappa shape index (κ1) is 19.0. The number of aliphatic imine (C=N–C) groups is 1. The molecule has 0 atom stereocenters. The third-order valence-corrected chi connectivity index (χ3v) is 2.93. The molecule has 20 heavy (non-hydrogen) atoms. The average molecular weight is 390 g/mol. The van der Waals surface area contributed by atoms with Crippen LogP contribution in [0.3, 0.4) is 0 Å². The molecule has 0 radical (unpaired) electrons. The van der Waals surface area contributed by atoms with Gasteiger partial charge in [-0.3, -0.25) is 4.99 Å². The Hall–Kier alpha value is -0.980. The normalized spacial score (nSPS) is 11.2. The molecule has 1 rings (SSSR count). The summed E-state index contributed by atoms with van der Waals surface area (Å²) in [6.45, 7) is 10.9. The second-order valence-electron chi connectivity index (χ2n) is 4.93. The van der Waals surface area contributed by atoms with Crippen LogP contribution < -0.4 is 16.0 Å². The van der Waals surface area contributed by atoms with Gasteiger partial charge < -0.3 is 16.0 Å². The molecule has 0 saturated heterocycles. The van der Waals surface area contributed by atoms with Gasteiger partial charge in [-0.05, 0) is 39.3 Å². The Bertz CT molecular complexity index is 418. The van der Waals surface area contributed by atoms with Crippen LogP contribution >= 0.6 is 24.0 Å². The summed E-state index contributed by atoms with van der Waals surface area (Å²) < 4.78 is 0. The molecular weight excluding hydrogens is 363 g/mol. The monoisotopic (exact) mass is 390 g/mol. The predicted molar refractivity (Wildman–Crippen MR) is 99.2 cm³/mol. The summed E-state index contributed by atoms with van der Waals surface area (Å²) in [7, 11) is 0. The van der Waals surface area contributed by atoms with Crippen molar-refractivity contribution in [3.05, 3.63) is 29.8 Å². The van der Waals surface area contributed by atoms with Crippen molar-refractivity contribution in [1.29, 1.82) is 0 Å². The van der Waals surface area contributed by atoms with Gasteiger partial charge in [0.1, 0.15) is 0 Å². The van der Waals surface area contributed by atoms with Crippen molar-refractivity contribution < 1.29 is 0 Å². The van der Waals surface area contributed by atoms with Crippen LogP contribution in [0.5, 0.6) is 0 Å². The van der Waals surface area contributed by atoms with Gasteiger partial charge in [-0.2, -0.15) is 0 Å². The second-order valence-corrected chi connectivity index (χ2v) is 4.93. The number of halogens is 1. The number of hydrogen-bond donors (Lipinski definition) is 2. The number of nitrogens with one attached hydrogen (secondary N) is 1. The molecule has 0 amide bonds. The van der Waals surface area contributed by atoms with Crippen molar-refractivity contribution in [2.75, 3.05) is 24.5 Å². The molecule has 0 bridgehead atoms. The number of aryl methyl sites for hydroxylation is 1. The standard InChI is InChI=1S/C15H26N4.HI/c1-5-19(14-9-7-6-8-13(14)4)11-10-17-15(16)18-12(2)3;/h6-9,12H,5,10-11H2,1-4H3,(H3,16,17,18);1H. The maximum absolute atomic E-state index is 5.79. The van der Waals surface area contributed by atoms with E-state index < -0.39 is 0 Å². The fraction of sp³-hybridized carbons (Fsp3) is 0.533. The van der Waals surface area contributed by atoms with Crippen molar-refractivity contribution in [1.82, 2.24) is 5.32 Å². The van der Waals surface area contributed by atoms with E-state index >= 15 is 0 Å². The maximum Gasteiger partial charge on any atom is 0.188 e. The Labute approximate surface area is 139 Å². The minimum absolute atomic E-state index is 0. The van der Waals surface area contributed by atoms with Gasteiger partial charge in [0.2, 0.25) is 0 Å². The number of para-hydroxylation sites is 1. The van der Waals surface area contributed by atoms with E-state index in [1.807, 2.05) is 13.8 Å². The van der Waals surface area contributed by atoms with Crippen LogP contribution in [0, 0.1) is 6.92 Å². The van der Waals surface area contributed by atoms with Crippen LogP contribution in [-0.4, -0.2) is 31.6 Å². The van der Waals surface area contributed by atoms with Crippen molar-refractivity contribution in [2.24, 2.45) is 10.7 Å². The van der Waals surface area contributed by atoms with Gasteiger partial charge in [-0.15, -0.1) is 24.0 Å². The minimum atomic E-state index is 0. The van der Waals surface area contributed by atoms with Crippen molar-refractivity contribution in [2.45, 2.75) is 33.7 Å². The summed E-state index contributed by atoms with van der Waals surface area (Å²) in [6.07, 6.45) is 0. The van der Waals surface area contributed by atoms with Crippen LogP contribution in [-0.2, 0) is 0 Å². The Kier molecular flexibility index (Phi) is 9.37. The van der Waals surface area contributed by atoms with Crippen molar-refractivity contribution >= 4 is 35.6 Å². The number of guanidine groups is 1. The molecule has 0 aliphatic carbocycles. The molecule has 0 spiro atoms. The molecule has 5 heteroatoms. The fourth-order valence-corrected chi connectivity index (χ4v) is 2.00. The fourth-order valence-electron chi connectivity index (χ4n) is 2.00. The number of nitrogens with zero attached hydrogens (tertiary/aromatic N) is 2. The van der Waals surface area contributed by atoms with E-state index in [4.69, 9.17) is 5.73 Å². The Morgan fingerprint density at radius 2 is 2.00 bits per heavy atom. The number of likely N-dealkylation sites (N-methyl/N-ethyl adjacent to an activating group) is 1. The molecule has 0 unspecified atom stereocenters. The highest BCUT2D eigenvalue weighted by Gasteiger charge is 2.06. The van der Waals surface area contributed by atoms with E-state index in [0.29, 0.717) is 18.5 Å². The van der Waals surface area contributed by atoms with Crippen LogP contribution in [0.4, 0.5) is 5.69 Å². The molecule has 0 aliphatic rings. The first-order valence-electron chi connectivity index (χ1n) is 6.91. The number of benzene rings is 1. The van der Waals surface area contributed by atoms with Crippen molar-refractivity contribution in [3.63, 3.8) is 0 Å². The first-order valence-corrected chi connectivity index (χ1v) is 6.91. The highest BCUT2D eigenvalue weighted by Crippen LogP contribution is 2.18. The largest absolute Gasteiger partial charge is 0.370 e. The maximum atomic E-state index is 5.79. The molecule has 1 aromatic rings. The highest BCUT2D eigenvalue weighted by atomic mass is 127. The van der Waals surface area contributed by atoms with Gasteiger partial charge in [0.15, 0.2) is 5.96 Å². The third-order valence-electron chi connectivity index (χ3n) is 2.93. The minimum Gasteiger partial charge on any atom is -0.370 e. The lowest BCUT2D eigenvalue weighted by molar-refractivity contribution is 0.720. The molecule has 0 aromatic heterocycles. The Morgan fingerprint density at radius 1 is 1.35 bits per heavy atom. The van der Waals surface area contributed by atoms with E-state index in [1.165, 1.54) is 11.3 Å². The summed E-state index contributed by atoms with van der Waals surface area (Å²) in [5.74, 6) is 0.524. The van der Waals surface area contributed by atoms with E-state index in [1.54, 1.807) is 0 Å². The van der Waals surface area contributed by atoms with E-state index in [9.17, 15) is 0 Å². The lowest BCUT2D eigenvalue weighted by Crippen LogP contribution is -2.37. The van der Waals surface area contributed by atoms with Crippen LogP contribution in [0.1, 0.15) is 26.3 Å². The van der Waals surface area contributed by atoms with Gasteiger partial charge in [-0.1, -0.05) is 18.2 Å². The molecule has 3 N–H and O–H groups in total. The van der Waals surface area contributed by atoms with Crippen LogP contribution in [0.2, 0.25) is 0 Å². The average Bonchev–Trinajstić information content (AvgIpc) is 2.35. The summed E-state index contributed by atoms with van der Waals surface area (Å²) in [6, 6.07) is 8.74. The SMILES string of the molecule is CCN(CCN=C(N)NC(C)C)c1ccccc1C.I. The molecule has 0 heterocycles. The predicted octanol–water partition coefficient (Wildman–Crippen LogP) is 2.75. The van der Waals surface area contributed by atoms with E-state index in [2.05, 4.69) is 53.3 Å². The van der Waals surface area contributed by atoms with Gasteiger partial charge in [-0.25, -0.2) is 0 Å². The first-order chi connectivity index (χ1) is 9.04. The number of hydrogen-bond acceptors (Lipinski definition) is 2. The zero-order valence-corrected chi connectivity index (χ0v) is 15.2. The topological polar surface area (TPSA) is 53.6 Å². The van der Waals surface area contributed by atoms with Crippen molar-refractivity contribution in [3.8, 4) is 0 Å². The van der Waals surface area contributed by atoms with E-state index in [-0.39, 0.29) is 24.0 Å². The van der Waals surface area contributed by atoms with Gasteiger partial charge in [0.05, 0.1) is 6.54 Å². The number of rotatable bonds is 6. The Balaban J connectivity index is 0.00000361. The Morgan fingerprint density at radius 3 is 2.55 bits per heavy atom. The summed E-state index contributed by atoms with van der Waals surface area (Å²) in [5.41, 5.74) is 8.36. The summed E-state index contributed by atoms with van der Waals surface area (Å²) in [5, 5.41) is 3.09. The molecule has 1 aromatic carbocycles. The lowest BCUT2D eigenvalue weighted by atomic mass is 10.2. The molecule has 114 valence electrons. The zero-order valence-electron chi connectivity index (χ0n) is 12.9. The van der Waals surface area contributed by atoms with Crippen LogP contribution in [0.15, 0.2) is 29.3 Å². The zero-order chi connectivity index (χ0) is 14.3. The van der Waals surface area contributed by atoms with Gasteiger partial charge in [0, 0.05) is 24.8 Å². The third kappa shape index (κ3) is 6.45. The van der Waals surface area contributed by atoms with Crippen LogP contribution in [0.25, 0.3) is 0 Å². The molecular formula is C15H27IN4. The molecule has 0 fully saturated rings.